The molecule has 0 radical (unpaired) electrons. The predicted molar refractivity (Wildman–Crippen MR) is 231 cm³/mol. The summed E-state index contributed by atoms with van der Waals surface area (Å²) in [7, 11) is 0. The van der Waals surface area contributed by atoms with Crippen LogP contribution < -0.4 is 16.0 Å². The number of hydrogen-bond acceptors (Lipinski definition) is 4. The van der Waals surface area contributed by atoms with Gasteiger partial charge in [-0.25, -0.2) is 4.99 Å². The maximum atomic E-state index is 5.28. The van der Waals surface area contributed by atoms with E-state index in [1.807, 2.05) is 0 Å². The summed E-state index contributed by atoms with van der Waals surface area (Å²) in [4.78, 5) is 5.28. The van der Waals surface area contributed by atoms with Gasteiger partial charge in [-0.15, -0.1) is 0 Å². The summed E-state index contributed by atoms with van der Waals surface area (Å²) in [5, 5.41) is 16.4. The zero-order valence-corrected chi connectivity index (χ0v) is 30.5. The lowest BCUT2D eigenvalue weighted by molar-refractivity contribution is 0.406. The van der Waals surface area contributed by atoms with Crippen LogP contribution in [0.3, 0.4) is 0 Å². The van der Waals surface area contributed by atoms with Crippen molar-refractivity contribution in [1.29, 1.82) is 0 Å². The van der Waals surface area contributed by atoms with Gasteiger partial charge < -0.3 is 19.8 Å². The van der Waals surface area contributed by atoms with Gasteiger partial charge in [-0.05, 0) is 70.8 Å². The van der Waals surface area contributed by atoms with Crippen molar-refractivity contribution in [1.82, 2.24) is 25.1 Å². The Morgan fingerprint density at radius 1 is 0.482 bits per heavy atom. The monoisotopic (exact) mass is 722 g/mol. The van der Waals surface area contributed by atoms with Gasteiger partial charge >= 0.3 is 0 Å². The van der Waals surface area contributed by atoms with Gasteiger partial charge in [0.2, 0.25) is 0 Å². The second kappa shape index (κ2) is 13.3. The van der Waals surface area contributed by atoms with Crippen LogP contribution in [0, 0.1) is 0 Å². The van der Waals surface area contributed by atoms with E-state index < -0.39 is 0 Å². The largest absolute Gasteiger partial charge is 0.359 e. The summed E-state index contributed by atoms with van der Waals surface area (Å²) in [6, 6.07) is 62.7. The normalized spacial score (nSPS) is 18.2. The number of allylic oxidation sites excluding steroid dienone is 2. The summed E-state index contributed by atoms with van der Waals surface area (Å²) in [6.45, 7) is 0. The van der Waals surface area contributed by atoms with E-state index in [4.69, 9.17) is 4.99 Å². The fraction of sp³-hybridized carbons (Fsp3) is 0.0600. The number of rotatable bonds is 6. The molecular formula is C50H38N6. The van der Waals surface area contributed by atoms with Gasteiger partial charge in [-0.3, -0.25) is 5.32 Å². The first kappa shape index (κ1) is 32.3. The standard InChI is InChI=1S/C50H38N6/c1-4-15-33(16-5-1)34-27-29-36(30-28-34)49-52-48(35-17-6-2-7-18-35)53-50(54-49)42-23-14-26-47(51-42)56-44-25-13-11-22-39(44)41-31-40-38-21-10-12-24-43(38)55(45(40)32-46(41)56)37-19-8-3-9-20-37/h1-32,47-49,51-52H,(H,53,54). The van der Waals surface area contributed by atoms with Gasteiger partial charge in [0.15, 0.2) is 0 Å². The van der Waals surface area contributed by atoms with E-state index in [0.717, 1.165) is 28.3 Å². The van der Waals surface area contributed by atoms with E-state index in [9.17, 15) is 0 Å². The van der Waals surface area contributed by atoms with Crippen LogP contribution in [0.2, 0.25) is 0 Å². The van der Waals surface area contributed by atoms with Gasteiger partial charge in [0.05, 0.1) is 27.8 Å². The van der Waals surface area contributed by atoms with Crippen LogP contribution in [-0.2, 0) is 0 Å². The fourth-order valence-corrected chi connectivity index (χ4v) is 8.60. The molecule has 0 saturated heterocycles. The van der Waals surface area contributed by atoms with Crippen molar-refractivity contribution in [2.45, 2.75) is 18.5 Å². The third kappa shape index (κ3) is 5.42. The highest BCUT2D eigenvalue weighted by Crippen LogP contribution is 2.40. The second-order valence-corrected chi connectivity index (χ2v) is 14.5. The van der Waals surface area contributed by atoms with Crippen LogP contribution >= 0.6 is 0 Å². The van der Waals surface area contributed by atoms with Crippen LogP contribution in [-0.4, -0.2) is 15.0 Å². The zero-order chi connectivity index (χ0) is 37.0. The Balaban J connectivity index is 1.00. The predicted octanol–water partition coefficient (Wildman–Crippen LogP) is 11.1. The van der Waals surface area contributed by atoms with Crippen molar-refractivity contribution in [3.63, 3.8) is 0 Å². The molecule has 3 atom stereocenters. The van der Waals surface area contributed by atoms with Crippen LogP contribution in [0.4, 0.5) is 0 Å². The van der Waals surface area contributed by atoms with Gasteiger partial charge in [0, 0.05) is 27.2 Å². The lowest BCUT2D eigenvalue weighted by Crippen LogP contribution is -2.47. The molecule has 2 aliphatic rings. The van der Waals surface area contributed by atoms with Gasteiger partial charge in [-0.2, -0.15) is 0 Å². The van der Waals surface area contributed by atoms with E-state index >= 15 is 0 Å². The van der Waals surface area contributed by atoms with Crippen molar-refractivity contribution in [2.75, 3.05) is 0 Å². The van der Waals surface area contributed by atoms with E-state index in [2.05, 4.69) is 219 Å². The highest BCUT2D eigenvalue weighted by atomic mass is 15.3. The molecule has 0 fully saturated rings. The Bertz CT molecular complexity index is 2990. The quantitative estimate of drug-likeness (QED) is 0.160. The fourth-order valence-electron chi connectivity index (χ4n) is 8.60. The maximum Gasteiger partial charge on any atom is 0.148 e. The molecular weight excluding hydrogens is 685 g/mol. The highest BCUT2D eigenvalue weighted by molar-refractivity contribution is 6.18. The average Bonchev–Trinajstić information content (AvgIpc) is 3.78. The number of nitrogens with one attached hydrogen (secondary N) is 3. The number of benzene rings is 7. The molecule has 0 aliphatic carbocycles. The average molecular weight is 723 g/mol. The summed E-state index contributed by atoms with van der Waals surface area (Å²) in [5.74, 6) is 0.816. The van der Waals surface area contributed by atoms with Crippen molar-refractivity contribution in [3.8, 4) is 16.8 Å². The number of aromatic nitrogens is 2. The Hall–Kier alpha value is -7.15. The Kier molecular flexibility index (Phi) is 7.67. The molecule has 2 aliphatic heterocycles. The first-order valence-electron chi connectivity index (χ1n) is 19.2. The summed E-state index contributed by atoms with van der Waals surface area (Å²) < 4.78 is 4.84. The summed E-state index contributed by atoms with van der Waals surface area (Å²) >= 11 is 0. The van der Waals surface area contributed by atoms with E-state index in [1.54, 1.807) is 0 Å². The van der Waals surface area contributed by atoms with E-state index in [0.29, 0.717) is 0 Å². The third-order valence-corrected chi connectivity index (χ3v) is 11.2. The highest BCUT2D eigenvalue weighted by Gasteiger charge is 2.29. The minimum absolute atomic E-state index is 0.161. The number of para-hydroxylation sites is 3. The molecule has 3 N–H and O–H groups in total. The van der Waals surface area contributed by atoms with Crippen LogP contribution in [0.15, 0.2) is 205 Å². The molecule has 6 heteroatoms. The molecule has 9 aromatic rings. The van der Waals surface area contributed by atoms with Crippen molar-refractivity contribution in [3.05, 3.63) is 211 Å². The van der Waals surface area contributed by atoms with Crippen LogP contribution in [0.25, 0.3) is 60.4 Å². The Labute approximate surface area is 324 Å². The molecule has 0 bridgehead atoms. The number of amidine groups is 1. The van der Waals surface area contributed by atoms with Crippen molar-refractivity contribution in [2.24, 2.45) is 4.99 Å². The topological polar surface area (TPSA) is 58.3 Å². The minimum Gasteiger partial charge on any atom is -0.359 e. The molecule has 0 saturated carbocycles. The number of dihydropyridines is 1. The van der Waals surface area contributed by atoms with E-state index in [-0.39, 0.29) is 18.5 Å². The molecule has 3 unspecified atom stereocenters. The van der Waals surface area contributed by atoms with Crippen molar-refractivity contribution >= 4 is 49.4 Å². The zero-order valence-electron chi connectivity index (χ0n) is 30.5. The Morgan fingerprint density at radius 3 is 1.88 bits per heavy atom. The van der Waals surface area contributed by atoms with Crippen molar-refractivity contribution < 1.29 is 0 Å². The lowest BCUT2D eigenvalue weighted by atomic mass is 10.0. The minimum atomic E-state index is -0.236. The number of fused-ring (bicyclic) bond motifs is 6. The number of aliphatic imine (C=N–C) groups is 1. The lowest BCUT2D eigenvalue weighted by Gasteiger charge is -2.34. The van der Waals surface area contributed by atoms with Gasteiger partial charge in [-0.1, -0.05) is 146 Å². The van der Waals surface area contributed by atoms with E-state index in [1.165, 1.54) is 54.7 Å². The smallest absolute Gasteiger partial charge is 0.148 e. The molecule has 6 nitrogen and oxygen atoms in total. The van der Waals surface area contributed by atoms with Gasteiger partial charge in [0.1, 0.15) is 24.3 Å². The number of hydrogen-bond donors (Lipinski definition) is 3. The maximum absolute atomic E-state index is 5.28. The SMILES string of the molecule is C1=CC(n2c3ccccc3c3cc4c5ccccc5n(-c5ccccc5)c4cc32)NC(C2=NC(c3ccccc3)NC(c3ccc(-c4ccccc4)cc3)N2)=C1. The first-order valence-corrected chi connectivity index (χ1v) is 19.2. The Morgan fingerprint density at radius 2 is 1.11 bits per heavy atom. The summed E-state index contributed by atoms with van der Waals surface area (Å²) in [6.07, 6.45) is 5.96. The molecule has 11 rings (SSSR count). The molecule has 4 heterocycles. The van der Waals surface area contributed by atoms with Crippen LogP contribution in [0.5, 0.6) is 0 Å². The molecule has 7 aromatic carbocycles. The number of nitrogens with zero attached hydrogens (tertiary/aromatic N) is 3. The first-order chi connectivity index (χ1) is 27.8. The molecule has 0 amide bonds. The molecule has 0 spiro atoms. The van der Waals surface area contributed by atoms with Gasteiger partial charge in [0.25, 0.3) is 0 Å². The second-order valence-electron chi connectivity index (χ2n) is 14.5. The molecule has 56 heavy (non-hydrogen) atoms. The van der Waals surface area contributed by atoms with Crippen LogP contribution in [0.1, 0.15) is 29.6 Å². The third-order valence-electron chi connectivity index (χ3n) is 11.2. The summed E-state index contributed by atoms with van der Waals surface area (Å²) in [5.41, 5.74) is 11.5. The molecule has 2 aromatic heterocycles. The molecule has 268 valence electrons.